The molecule has 21 heavy (non-hydrogen) atoms. The fourth-order valence-corrected chi connectivity index (χ4v) is 2.24. The molecule has 0 heterocycles. The van der Waals surface area contributed by atoms with Crippen molar-refractivity contribution in [2.75, 3.05) is 17.2 Å². The van der Waals surface area contributed by atoms with Crippen LogP contribution in [0, 0.1) is 6.92 Å². The molecule has 2 aromatic carbocycles. The molecule has 1 amide bonds. The van der Waals surface area contributed by atoms with Crippen molar-refractivity contribution >= 4 is 40.5 Å². The van der Waals surface area contributed by atoms with Gasteiger partial charge in [-0.1, -0.05) is 47.5 Å². The number of nitrogens with one attached hydrogen (secondary N) is 2. The van der Waals surface area contributed by atoms with Gasteiger partial charge < -0.3 is 10.6 Å². The van der Waals surface area contributed by atoms with Crippen LogP contribution in [-0.2, 0) is 4.79 Å². The predicted molar refractivity (Wildman–Crippen MR) is 89.4 cm³/mol. The van der Waals surface area contributed by atoms with E-state index in [0.29, 0.717) is 23.0 Å². The van der Waals surface area contributed by atoms with Crippen molar-refractivity contribution in [1.82, 2.24) is 0 Å². The van der Waals surface area contributed by atoms with Gasteiger partial charge in [0.15, 0.2) is 0 Å². The highest BCUT2D eigenvalue weighted by atomic mass is 35.5. The van der Waals surface area contributed by atoms with Gasteiger partial charge in [-0.25, -0.2) is 0 Å². The third-order valence-corrected chi connectivity index (χ3v) is 3.86. The lowest BCUT2D eigenvalue weighted by Gasteiger charge is -2.10. The van der Waals surface area contributed by atoms with Crippen LogP contribution in [0.15, 0.2) is 42.5 Å². The minimum absolute atomic E-state index is 0.0463. The molecule has 0 aromatic heterocycles. The van der Waals surface area contributed by atoms with Gasteiger partial charge in [0.2, 0.25) is 5.91 Å². The lowest BCUT2D eigenvalue weighted by molar-refractivity contribution is -0.115. The van der Waals surface area contributed by atoms with Gasteiger partial charge in [-0.2, -0.15) is 0 Å². The Balaban J connectivity index is 1.85. The Morgan fingerprint density at radius 2 is 1.76 bits per heavy atom. The molecule has 0 radical (unpaired) electrons. The second-order valence-corrected chi connectivity index (χ2v) is 5.43. The Labute approximate surface area is 134 Å². The predicted octanol–water partition coefficient (Wildman–Crippen LogP) is 4.74. The second-order valence-electron chi connectivity index (χ2n) is 4.64. The molecule has 110 valence electrons. The lowest BCUT2D eigenvalue weighted by atomic mass is 10.2. The summed E-state index contributed by atoms with van der Waals surface area (Å²) in [6.07, 6.45) is 0.344. The van der Waals surface area contributed by atoms with Crippen LogP contribution in [0.3, 0.4) is 0 Å². The molecule has 0 aliphatic carbocycles. The zero-order valence-electron chi connectivity index (χ0n) is 11.6. The van der Waals surface area contributed by atoms with Gasteiger partial charge in [0.25, 0.3) is 0 Å². The highest BCUT2D eigenvalue weighted by molar-refractivity contribution is 6.43. The van der Waals surface area contributed by atoms with E-state index in [1.807, 2.05) is 43.3 Å². The maximum atomic E-state index is 11.9. The first-order valence-electron chi connectivity index (χ1n) is 6.61. The summed E-state index contributed by atoms with van der Waals surface area (Å²) in [5, 5.41) is 6.95. The van der Waals surface area contributed by atoms with Crippen molar-refractivity contribution in [2.45, 2.75) is 13.3 Å². The van der Waals surface area contributed by atoms with E-state index in [-0.39, 0.29) is 5.91 Å². The molecule has 0 spiro atoms. The maximum Gasteiger partial charge on any atom is 0.226 e. The number of halogens is 2. The smallest absolute Gasteiger partial charge is 0.226 e. The minimum Gasteiger partial charge on any atom is -0.383 e. The summed E-state index contributed by atoms with van der Waals surface area (Å²) in [5.41, 5.74) is 2.60. The number of carbonyl (C=O) groups is 1. The summed E-state index contributed by atoms with van der Waals surface area (Å²) < 4.78 is 0. The van der Waals surface area contributed by atoms with E-state index in [0.717, 1.165) is 16.9 Å². The quantitative estimate of drug-likeness (QED) is 0.834. The van der Waals surface area contributed by atoms with E-state index in [9.17, 15) is 4.79 Å². The van der Waals surface area contributed by atoms with Crippen LogP contribution < -0.4 is 10.6 Å². The molecular weight excluding hydrogens is 307 g/mol. The van der Waals surface area contributed by atoms with E-state index >= 15 is 0 Å². The molecule has 0 saturated carbocycles. The number of benzene rings is 2. The van der Waals surface area contributed by atoms with Gasteiger partial charge in [0, 0.05) is 18.7 Å². The van der Waals surface area contributed by atoms with Gasteiger partial charge in [-0.05, 0) is 30.7 Å². The zero-order chi connectivity index (χ0) is 15.2. The monoisotopic (exact) mass is 322 g/mol. The summed E-state index contributed by atoms with van der Waals surface area (Å²) in [5.74, 6) is -0.0463. The second kappa shape index (κ2) is 7.34. The van der Waals surface area contributed by atoms with Crippen molar-refractivity contribution in [3.8, 4) is 0 Å². The molecule has 5 heteroatoms. The number of para-hydroxylation sites is 1. The molecule has 2 aromatic rings. The Morgan fingerprint density at radius 3 is 2.52 bits per heavy atom. The summed E-state index contributed by atoms with van der Waals surface area (Å²) in [7, 11) is 0. The van der Waals surface area contributed by atoms with Crippen molar-refractivity contribution < 1.29 is 4.79 Å². The number of rotatable bonds is 5. The SMILES string of the molecule is Cc1ccccc1NC(=O)CCNc1cccc(Cl)c1Cl. The van der Waals surface area contributed by atoms with Crippen LogP contribution in [0.2, 0.25) is 10.0 Å². The first kappa shape index (κ1) is 15.7. The number of anilines is 2. The molecule has 0 bridgehead atoms. The lowest BCUT2D eigenvalue weighted by Crippen LogP contribution is -2.16. The summed E-state index contributed by atoms with van der Waals surface area (Å²) in [6.45, 7) is 2.44. The first-order valence-corrected chi connectivity index (χ1v) is 7.37. The normalized spacial score (nSPS) is 10.2. The van der Waals surface area contributed by atoms with Gasteiger partial charge in [-0.15, -0.1) is 0 Å². The van der Waals surface area contributed by atoms with E-state index in [1.54, 1.807) is 6.07 Å². The van der Waals surface area contributed by atoms with Crippen LogP contribution in [0.5, 0.6) is 0 Å². The number of hydrogen-bond donors (Lipinski definition) is 2. The zero-order valence-corrected chi connectivity index (χ0v) is 13.1. The van der Waals surface area contributed by atoms with Gasteiger partial charge >= 0.3 is 0 Å². The fourth-order valence-electron chi connectivity index (χ4n) is 1.88. The number of hydrogen-bond acceptors (Lipinski definition) is 2. The summed E-state index contributed by atoms with van der Waals surface area (Å²) in [6, 6.07) is 13.0. The van der Waals surface area contributed by atoms with Gasteiger partial charge in [0.1, 0.15) is 0 Å². The van der Waals surface area contributed by atoms with Crippen LogP contribution in [-0.4, -0.2) is 12.5 Å². The molecule has 0 aliphatic rings. The summed E-state index contributed by atoms with van der Waals surface area (Å²) in [4.78, 5) is 11.9. The molecule has 0 unspecified atom stereocenters. The standard InChI is InChI=1S/C16H16Cl2N2O/c1-11-5-2-3-7-13(11)20-15(21)9-10-19-14-8-4-6-12(17)16(14)18/h2-8,19H,9-10H2,1H3,(H,20,21). The van der Waals surface area contributed by atoms with Crippen molar-refractivity contribution in [3.05, 3.63) is 58.1 Å². The van der Waals surface area contributed by atoms with Crippen molar-refractivity contribution in [2.24, 2.45) is 0 Å². The molecular formula is C16H16Cl2N2O. The van der Waals surface area contributed by atoms with Crippen LogP contribution in [0.25, 0.3) is 0 Å². The van der Waals surface area contributed by atoms with E-state index in [2.05, 4.69) is 10.6 Å². The van der Waals surface area contributed by atoms with Crippen LogP contribution in [0.1, 0.15) is 12.0 Å². The molecule has 2 N–H and O–H groups in total. The average molecular weight is 323 g/mol. The fraction of sp³-hybridized carbons (Fsp3) is 0.188. The number of amides is 1. The van der Waals surface area contributed by atoms with Crippen molar-refractivity contribution in [1.29, 1.82) is 0 Å². The maximum absolute atomic E-state index is 11.9. The Hall–Kier alpha value is -1.71. The highest BCUT2D eigenvalue weighted by Crippen LogP contribution is 2.29. The van der Waals surface area contributed by atoms with E-state index in [4.69, 9.17) is 23.2 Å². The Kier molecular flexibility index (Phi) is 5.48. The number of aryl methyl sites for hydroxylation is 1. The molecule has 2 rings (SSSR count). The van der Waals surface area contributed by atoms with Crippen LogP contribution in [0.4, 0.5) is 11.4 Å². The van der Waals surface area contributed by atoms with Gasteiger partial charge in [0.05, 0.1) is 15.7 Å². The molecule has 3 nitrogen and oxygen atoms in total. The van der Waals surface area contributed by atoms with Crippen LogP contribution >= 0.6 is 23.2 Å². The highest BCUT2D eigenvalue weighted by Gasteiger charge is 2.06. The minimum atomic E-state index is -0.0463. The number of carbonyl (C=O) groups excluding carboxylic acids is 1. The molecule has 0 atom stereocenters. The van der Waals surface area contributed by atoms with E-state index in [1.165, 1.54) is 0 Å². The average Bonchev–Trinajstić information content (AvgIpc) is 2.46. The third kappa shape index (κ3) is 4.38. The molecule has 0 fully saturated rings. The molecule has 0 saturated heterocycles. The van der Waals surface area contributed by atoms with E-state index < -0.39 is 0 Å². The molecule has 0 aliphatic heterocycles. The van der Waals surface area contributed by atoms with Gasteiger partial charge in [-0.3, -0.25) is 4.79 Å². The summed E-state index contributed by atoms with van der Waals surface area (Å²) >= 11 is 12.0. The third-order valence-electron chi connectivity index (χ3n) is 3.04. The topological polar surface area (TPSA) is 41.1 Å². The Bertz CT molecular complexity index is 644. The Morgan fingerprint density at radius 1 is 1.05 bits per heavy atom. The largest absolute Gasteiger partial charge is 0.383 e. The van der Waals surface area contributed by atoms with Crippen molar-refractivity contribution in [3.63, 3.8) is 0 Å². The first-order chi connectivity index (χ1) is 10.1.